The molecule has 0 spiro atoms. The minimum atomic E-state index is 0.00233. The molecule has 0 amide bonds. The predicted octanol–water partition coefficient (Wildman–Crippen LogP) is 3.50. The van der Waals surface area contributed by atoms with E-state index in [0.717, 1.165) is 38.9 Å². The largest absolute Gasteiger partial charge is 0.352 e. The van der Waals surface area contributed by atoms with Crippen LogP contribution in [0.5, 0.6) is 0 Å². The van der Waals surface area contributed by atoms with Crippen molar-refractivity contribution in [1.29, 1.82) is 5.26 Å². The topological polar surface area (TPSA) is 42.2 Å². The Kier molecular flexibility index (Phi) is 5.46. The summed E-state index contributed by atoms with van der Waals surface area (Å²) >= 11 is 0. The molecule has 1 aliphatic heterocycles. The van der Waals surface area contributed by atoms with E-state index in [2.05, 4.69) is 13.0 Å². The normalized spacial score (nSPS) is 37.1. The number of hydrogen-bond acceptors (Lipinski definition) is 3. The van der Waals surface area contributed by atoms with Crippen molar-refractivity contribution in [2.75, 3.05) is 13.2 Å². The van der Waals surface area contributed by atoms with Crippen molar-refractivity contribution in [2.24, 2.45) is 17.8 Å². The molecule has 3 nitrogen and oxygen atoms in total. The zero-order valence-corrected chi connectivity index (χ0v) is 11.4. The second kappa shape index (κ2) is 7.11. The van der Waals surface area contributed by atoms with Gasteiger partial charge in [0, 0.05) is 17.8 Å². The van der Waals surface area contributed by atoms with Gasteiger partial charge in [-0.05, 0) is 32.1 Å². The minimum Gasteiger partial charge on any atom is -0.352 e. The fourth-order valence-corrected chi connectivity index (χ4v) is 3.01. The van der Waals surface area contributed by atoms with Crippen molar-refractivity contribution in [1.82, 2.24) is 0 Å². The summed E-state index contributed by atoms with van der Waals surface area (Å²) in [6, 6.07) is 2.38. The Balaban J connectivity index is 1.69. The van der Waals surface area contributed by atoms with Gasteiger partial charge < -0.3 is 9.47 Å². The summed E-state index contributed by atoms with van der Waals surface area (Å²) in [5.41, 5.74) is 0. The standard InChI is InChI=1S/C15H25NO2/c1-2-3-4-13-10-17-15(18-11-13)14-7-5-12(9-16)6-8-14/h12-15H,2-8,10-11H2,1H3. The van der Waals surface area contributed by atoms with Crippen molar-refractivity contribution in [3.8, 4) is 6.07 Å². The molecule has 0 unspecified atom stereocenters. The molecule has 102 valence electrons. The maximum atomic E-state index is 8.89. The number of nitrogens with zero attached hydrogens (tertiary/aromatic N) is 1. The third kappa shape index (κ3) is 3.70. The maximum Gasteiger partial charge on any atom is 0.160 e. The average molecular weight is 251 g/mol. The quantitative estimate of drug-likeness (QED) is 0.768. The van der Waals surface area contributed by atoms with Gasteiger partial charge in [-0.3, -0.25) is 0 Å². The first-order valence-electron chi connectivity index (χ1n) is 7.46. The van der Waals surface area contributed by atoms with Crippen LogP contribution in [0.1, 0.15) is 51.9 Å². The molecule has 0 aromatic rings. The zero-order valence-electron chi connectivity index (χ0n) is 11.4. The summed E-state index contributed by atoms with van der Waals surface area (Å²) in [5.74, 6) is 1.38. The van der Waals surface area contributed by atoms with Gasteiger partial charge in [-0.1, -0.05) is 19.8 Å². The summed E-state index contributed by atoms with van der Waals surface area (Å²) < 4.78 is 11.8. The van der Waals surface area contributed by atoms with E-state index in [0.29, 0.717) is 11.8 Å². The van der Waals surface area contributed by atoms with E-state index in [-0.39, 0.29) is 12.2 Å². The molecule has 0 aromatic carbocycles. The van der Waals surface area contributed by atoms with E-state index < -0.39 is 0 Å². The highest BCUT2D eigenvalue weighted by atomic mass is 16.7. The lowest BCUT2D eigenvalue weighted by molar-refractivity contribution is -0.229. The highest BCUT2D eigenvalue weighted by Crippen LogP contribution is 2.33. The first-order chi connectivity index (χ1) is 8.83. The summed E-state index contributed by atoms with van der Waals surface area (Å²) in [4.78, 5) is 0. The Bertz CT molecular complexity index is 271. The molecular formula is C15H25NO2. The first kappa shape index (κ1) is 13.8. The van der Waals surface area contributed by atoms with Gasteiger partial charge in [0.2, 0.25) is 0 Å². The van der Waals surface area contributed by atoms with Crippen molar-refractivity contribution in [3.63, 3.8) is 0 Å². The highest BCUT2D eigenvalue weighted by Gasteiger charge is 2.32. The minimum absolute atomic E-state index is 0.00233. The molecule has 2 aliphatic rings. The Labute approximate surface area is 110 Å². The second-order valence-corrected chi connectivity index (χ2v) is 5.78. The smallest absolute Gasteiger partial charge is 0.160 e. The summed E-state index contributed by atoms with van der Waals surface area (Å²) in [7, 11) is 0. The Morgan fingerprint density at radius 2 is 1.78 bits per heavy atom. The van der Waals surface area contributed by atoms with E-state index in [4.69, 9.17) is 14.7 Å². The van der Waals surface area contributed by atoms with Gasteiger partial charge in [-0.25, -0.2) is 0 Å². The number of hydrogen-bond donors (Lipinski definition) is 0. The van der Waals surface area contributed by atoms with Crippen LogP contribution in [0.4, 0.5) is 0 Å². The zero-order chi connectivity index (χ0) is 12.8. The molecular weight excluding hydrogens is 226 g/mol. The van der Waals surface area contributed by atoms with Gasteiger partial charge in [-0.2, -0.15) is 5.26 Å². The third-order valence-corrected chi connectivity index (χ3v) is 4.30. The van der Waals surface area contributed by atoms with Crippen LogP contribution < -0.4 is 0 Å². The second-order valence-electron chi connectivity index (χ2n) is 5.78. The summed E-state index contributed by atoms with van der Waals surface area (Å²) in [5, 5.41) is 8.89. The Morgan fingerprint density at radius 3 is 2.33 bits per heavy atom. The SMILES string of the molecule is CCCCC1COC(C2CCC(C#N)CC2)OC1. The van der Waals surface area contributed by atoms with Crippen LogP contribution in [-0.4, -0.2) is 19.5 Å². The number of nitriles is 1. The van der Waals surface area contributed by atoms with Crippen LogP contribution in [0.15, 0.2) is 0 Å². The molecule has 0 radical (unpaired) electrons. The van der Waals surface area contributed by atoms with Gasteiger partial charge in [0.15, 0.2) is 6.29 Å². The fraction of sp³-hybridized carbons (Fsp3) is 0.933. The number of ether oxygens (including phenoxy) is 2. The first-order valence-corrected chi connectivity index (χ1v) is 7.46. The Morgan fingerprint density at radius 1 is 1.11 bits per heavy atom. The average Bonchev–Trinajstić information content (AvgIpc) is 2.46. The van der Waals surface area contributed by atoms with Gasteiger partial charge in [0.05, 0.1) is 19.3 Å². The highest BCUT2D eigenvalue weighted by molar-refractivity contribution is 4.88. The molecule has 1 saturated carbocycles. The maximum absolute atomic E-state index is 8.89. The molecule has 3 heteroatoms. The molecule has 0 bridgehead atoms. The van der Waals surface area contributed by atoms with Crippen molar-refractivity contribution >= 4 is 0 Å². The summed E-state index contributed by atoms with van der Waals surface area (Å²) in [6.45, 7) is 3.95. The molecule has 0 atom stereocenters. The van der Waals surface area contributed by atoms with E-state index in [9.17, 15) is 0 Å². The van der Waals surface area contributed by atoms with Gasteiger partial charge in [0.1, 0.15) is 0 Å². The number of rotatable bonds is 4. The number of unbranched alkanes of at least 4 members (excludes halogenated alkanes) is 1. The van der Waals surface area contributed by atoms with Gasteiger partial charge >= 0.3 is 0 Å². The molecule has 1 aliphatic carbocycles. The molecule has 18 heavy (non-hydrogen) atoms. The molecule has 2 rings (SSSR count). The fourth-order valence-electron chi connectivity index (χ4n) is 3.01. The van der Waals surface area contributed by atoms with Crippen LogP contribution >= 0.6 is 0 Å². The van der Waals surface area contributed by atoms with E-state index in [1.165, 1.54) is 19.3 Å². The van der Waals surface area contributed by atoms with Crippen molar-refractivity contribution in [3.05, 3.63) is 0 Å². The molecule has 0 aromatic heterocycles. The van der Waals surface area contributed by atoms with Crippen LogP contribution in [-0.2, 0) is 9.47 Å². The molecule has 2 fully saturated rings. The van der Waals surface area contributed by atoms with Crippen LogP contribution in [0, 0.1) is 29.1 Å². The van der Waals surface area contributed by atoms with Crippen LogP contribution in [0.3, 0.4) is 0 Å². The summed E-state index contributed by atoms with van der Waals surface area (Å²) in [6.07, 6.45) is 7.96. The lowest BCUT2D eigenvalue weighted by atomic mass is 9.82. The lowest BCUT2D eigenvalue weighted by Crippen LogP contribution is -2.38. The molecule has 1 heterocycles. The van der Waals surface area contributed by atoms with E-state index in [1.807, 2.05) is 0 Å². The third-order valence-electron chi connectivity index (χ3n) is 4.30. The lowest BCUT2D eigenvalue weighted by Gasteiger charge is -2.36. The van der Waals surface area contributed by atoms with Gasteiger partial charge in [-0.15, -0.1) is 0 Å². The molecule has 1 saturated heterocycles. The van der Waals surface area contributed by atoms with E-state index >= 15 is 0 Å². The van der Waals surface area contributed by atoms with Crippen LogP contribution in [0.2, 0.25) is 0 Å². The van der Waals surface area contributed by atoms with Crippen molar-refractivity contribution in [2.45, 2.75) is 58.2 Å². The monoisotopic (exact) mass is 251 g/mol. The Hall–Kier alpha value is -0.590. The predicted molar refractivity (Wildman–Crippen MR) is 69.8 cm³/mol. The van der Waals surface area contributed by atoms with Gasteiger partial charge in [0.25, 0.3) is 0 Å². The van der Waals surface area contributed by atoms with E-state index in [1.54, 1.807) is 0 Å². The van der Waals surface area contributed by atoms with Crippen molar-refractivity contribution < 1.29 is 9.47 Å². The van der Waals surface area contributed by atoms with Crippen LogP contribution in [0.25, 0.3) is 0 Å². The molecule has 0 N–H and O–H groups in total.